The van der Waals surface area contributed by atoms with Crippen LogP contribution in [0.4, 0.5) is 5.69 Å². The van der Waals surface area contributed by atoms with Crippen LogP contribution in [0.25, 0.3) is 5.76 Å². The Kier molecular flexibility index (Phi) is 6.87. The molecule has 2 aromatic rings. The third kappa shape index (κ3) is 4.29. The van der Waals surface area contributed by atoms with Crippen LogP contribution in [0, 0.1) is 24.0 Å². The van der Waals surface area contributed by atoms with Crippen LogP contribution in [0.2, 0.25) is 0 Å². The Morgan fingerprint density at radius 1 is 1.24 bits per heavy atom. The summed E-state index contributed by atoms with van der Waals surface area (Å²) >= 11 is 0. The fraction of sp³-hybridized carbons (Fsp3) is 0.348. The van der Waals surface area contributed by atoms with Crippen LogP contribution in [-0.4, -0.2) is 76.8 Å². The molecule has 0 radical (unpaired) electrons. The highest BCUT2D eigenvalue weighted by atomic mass is 16.6. The molecule has 1 aromatic heterocycles. The summed E-state index contributed by atoms with van der Waals surface area (Å²) < 4.78 is 4.76. The number of amides is 1. The molecule has 1 saturated heterocycles. The van der Waals surface area contributed by atoms with E-state index in [2.05, 4.69) is 4.98 Å². The number of nitro benzene ring substituents is 1. The molecule has 11 heteroatoms. The van der Waals surface area contributed by atoms with Gasteiger partial charge in [-0.3, -0.25) is 19.7 Å². The Bertz CT molecular complexity index is 1190. The second-order valence-corrected chi connectivity index (χ2v) is 8.26. The maximum Gasteiger partial charge on any atom is 0.354 e. The van der Waals surface area contributed by atoms with Crippen molar-refractivity contribution in [2.75, 3.05) is 34.3 Å². The highest BCUT2D eigenvalue weighted by Crippen LogP contribution is 2.41. The lowest BCUT2D eigenvalue weighted by Crippen LogP contribution is -2.35. The Morgan fingerprint density at radius 3 is 2.38 bits per heavy atom. The average molecular weight is 470 g/mol. The highest BCUT2D eigenvalue weighted by molar-refractivity contribution is 6.46. The molecule has 1 fully saturated rings. The number of non-ortho nitro benzene ring substituents is 1. The highest BCUT2D eigenvalue weighted by Gasteiger charge is 2.46. The number of aliphatic hydroxyl groups excluding tert-OH is 1. The molecule has 180 valence electrons. The fourth-order valence-electron chi connectivity index (χ4n) is 4.09. The second-order valence-electron chi connectivity index (χ2n) is 8.26. The van der Waals surface area contributed by atoms with Gasteiger partial charge in [0.2, 0.25) is 0 Å². The van der Waals surface area contributed by atoms with Gasteiger partial charge in [0, 0.05) is 36.5 Å². The van der Waals surface area contributed by atoms with Crippen LogP contribution >= 0.6 is 0 Å². The van der Waals surface area contributed by atoms with Crippen LogP contribution in [0.15, 0.2) is 29.8 Å². The number of esters is 1. The molecule has 1 aliphatic heterocycles. The average Bonchev–Trinajstić information content (AvgIpc) is 3.23. The number of hydrogen-bond donors (Lipinski definition) is 2. The van der Waals surface area contributed by atoms with Gasteiger partial charge in [0.1, 0.15) is 11.5 Å². The van der Waals surface area contributed by atoms with E-state index in [9.17, 15) is 29.6 Å². The van der Waals surface area contributed by atoms with Gasteiger partial charge in [-0.05, 0) is 51.2 Å². The lowest BCUT2D eigenvalue weighted by Gasteiger charge is -2.26. The number of aromatic nitrogens is 1. The fourth-order valence-corrected chi connectivity index (χ4v) is 4.09. The molecule has 34 heavy (non-hydrogen) atoms. The predicted octanol–water partition coefficient (Wildman–Crippen LogP) is 2.31. The molecular weight excluding hydrogens is 444 g/mol. The van der Waals surface area contributed by atoms with Crippen molar-refractivity contribution < 1.29 is 29.2 Å². The van der Waals surface area contributed by atoms with Gasteiger partial charge in [0.05, 0.1) is 23.6 Å². The molecule has 0 bridgehead atoms. The number of ketones is 1. The summed E-state index contributed by atoms with van der Waals surface area (Å²) in [5.74, 6) is -2.74. The maximum absolute atomic E-state index is 13.1. The minimum atomic E-state index is -0.962. The predicted molar refractivity (Wildman–Crippen MR) is 122 cm³/mol. The van der Waals surface area contributed by atoms with Gasteiger partial charge in [-0.2, -0.15) is 0 Å². The molecule has 2 heterocycles. The lowest BCUT2D eigenvalue weighted by molar-refractivity contribution is -0.384. The molecule has 1 aliphatic rings. The summed E-state index contributed by atoms with van der Waals surface area (Å²) in [6.07, 6.45) is 0. The SMILES string of the molecule is COC(=O)c1[nH]c(C)c(/C(O)=C2/C(=O)C(=O)N(CCN(C)C)C2c2ccc([N+](=O)[O-])cc2)c1C. The van der Waals surface area contributed by atoms with Crippen molar-refractivity contribution in [3.63, 3.8) is 0 Å². The number of nitrogens with zero attached hydrogens (tertiary/aromatic N) is 3. The first kappa shape index (κ1) is 24.6. The first-order valence-electron chi connectivity index (χ1n) is 10.4. The summed E-state index contributed by atoms with van der Waals surface area (Å²) in [5.41, 5.74) is 1.26. The largest absolute Gasteiger partial charge is 0.507 e. The number of carbonyl (C=O) groups excluding carboxylic acids is 3. The minimum absolute atomic E-state index is 0.121. The van der Waals surface area contributed by atoms with Gasteiger partial charge in [-0.1, -0.05) is 0 Å². The van der Waals surface area contributed by atoms with Crippen molar-refractivity contribution in [2.45, 2.75) is 19.9 Å². The molecule has 1 amide bonds. The molecule has 11 nitrogen and oxygen atoms in total. The number of aromatic amines is 1. The Balaban J connectivity index is 2.22. The molecular formula is C23H26N4O7. The van der Waals surface area contributed by atoms with Gasteiger partial charge in [-0.25, -0.2) is 4.79 Å². The molecule has 1 aromatic carbocycles. The van der Waals surface area contributed by atoms with E-state index in [1.807, 2.05) is 19.0 Å². The molecule has 2 N–H and O–H groups in total. The van der Waals surface area contributed by atoms with Crippen molar-refractivity contribution in [3.05, 3.63) is 68.0 Å². The van der Waals surface area contributed by atoms with E-state index < -0.39 is 34.4 Å². The summed E-state index contributed by atoms with van der Waals surface area (Å²) in [4.78, 5) is 54.8. The standard InChI is InChI=1S/C23H26N4O7/c1-12-16(13(2)24-18(12)23(31)34-5)20(28)17-19(14-6-8-15(9-7-14)27(32)33)26(11-10-25(3)4)22(30)21(17)29/h6-9,19,24,28H,10-11H2,1-5H3/b20-17-. The lowest BCUT2D eigenvalue weighted by atomic mass is 9.94. The number of likely N-dealkylation sites (tertiary alicyclic amines) is 1. The van der Waals surface area contributed by atoms with Gasteiger partial charge >= 0.3 is 5.97 Å². The van der Waals surface area contributed by atoms with Crippen molar-refractivity contribution in [1.29, 1.82) is 0 Å². The Morgan fingerprint density at radius 2 is 1.85 bits per heavy atom. The van der Waals surface area contributed by atoms with Gasteiger partial charge in [0.25, 0.3) is 17.4 Å². The number of nitro groups is 1. The van der Waals surface area contributed by atoms with E-state index in [-0.39, 0.29) is 29.1 Å². The van der Waals surface area contributed by atoms with E-state index >= 15 is 0 Å². The van der Waals surface area contributed by atoms with Crippen molar-refractivity contribution in [1.82, 2.24) is 14.8 Å². The first-order chi connectivity index (χ1) is 16.0. The topological polar surface area (TPSA) is 146 Å². The monoisotopic (exact) mass is 470 g/mol. The normalized spacial score (nSPS) is 17.5. The number of Topliss-reactive ketones (excluding diaryl/α,β-unsaturated/α-hetero) is 1. The van der Waals surface area contributed by atoms with Crippen molar-refractivity contribution in [2.24, 2.45) is 0 Å². The molecule has 3 rings (SSSR count). The summed E-state index contributed by atoms with van der Waals surface area (Å²) in [6.45, 7) is 3.85. The van der Waals surface area contributed by atoms with Crippen LogP contribution in [-0.2, 0) is 14.3 Å². The number of likely N-dealkylation sites (N-methyl/N-ethyl adjacent to an activating group) is 1. The summed E-state index contributed by atoms with van der Waals surface area (Å²) in [6, 6.07) is 4.52. The number of methoxy groups -OCH3 is 1. The number of benzene rings is 1. The molecule has 0 aliphatic carbocycles. The van der Waals surface area contributed by atoms with E-state index in [1.54, 1.807) is 13.8 Å². The van der Waals surface area contributed by atoms with Crippen molar-refractivity contribution >= 4 is 29.1 Å². The number of nitrogens with one attached hydrogen (secondary N) is 1. The quantitative estimate of drug-likeness (QED) is 0.157. The molecule has 0 spiro atoms. The van der Waals surface area contributed by atoms with Crippen LogP contribution in [0.3, 0.4) is 0 Å². The van der Waals surface area contributed by atoms with Crippen LogP contribution in [0.1, 0.15) is 38.9 Å². The number of carbonyl (C=O) groups is 3. The zero-order chi connectivity index (χ0) is 25.3. The Labute approximate surface area is 195 Å². The maximum atomic E-state index is 13.1. The van der Waals surface area contributed by atoms with Crippen LogP contribution in [0.5, 0.6) is 0 Å². The van der Waals surface area contributed by atoms with E-state index in [4.69, 9.17) is 4.74 Å². The van der Waals surface area contributed by atoms with E-state index in [0.717, 1.165) is 0 Å². The smallest absolute Gasteiger partial charge is 0.354 e. The number of hydrogen-bond acceptors (Lipinski definition) is 8. The van der Waals surface area contributed by atoms with Crippen LogP contribution < -0.4 is 0 Å². The zero-order valence-corrected chi connectivity index (χ0v) is 19.5. The number of ether oxygens (including phenoxy) is 1. The second kappa shape index (κ2) is 9.48. The number of aliphatic hydroxyl groups is 1. The van der Waals surface area contributed by atoms with Gasteiger partial charge in [0.15, 0.2) is 0 Å². The molecule has 1 atom stereocenters. The Hall–Kier alpha value is -3.99. The minimum Gasteiger partial charge on any atom is -0.507 e. The van der Waals surface area contributed by atoms with E-state index in [0.29, 0.717) is 23.4 Å². The number of H-pyrrole nitrogens is 1. The number of rotatable bonds is 7. The molecule has 0 saturated carbocycles. The third-order valence-electron chi connectivity index (χ3n) is 5.81. The van der Waals surface area contributed by atoms with Gasteiger partial charge in [-0.15, -0.1) is 0 Å². The summed E-state index contributed by atoms with van der Waals surface area (Å²) in [5, 5.41) is 22.4. The first-order valence-corrected chi connectivity index (χ1v) is 10.4. The molecule has 1 unspecified atom stereocenters. The third-order valence-corrected chi connectivity index (χ3v) is 5.81. The van der Waals surface area contributed by atoms with Gasteiger partial charge < -0.3 is 24.6 Å². The summed E-state index contributed by atoms with van der Waals surface area (Å²) in [7, 11) is 4.86. The zero-order valence-electron chi connectivity index (χ0n) is 19.5. The number of aryl methyl sites for hydroxylation is 1. The van der Waals surface area contributed by atoms with E-state index in [1.165, 1.54) is 36.3 Å². The van der Waals surface area contributed by atoms with Crippen molar-refractivity contribution in [3.8, 4) is 0 Å².